The Morgan fingerprint density at radius 1 is 1.07 bits per heavy atom. The lowest BCUT2D eigenvalue weighted by atomic mass is 10.1. The minimum Gasteiger partial charge on any atom is -0.480 e. The molecule has 1 heterocycles. The number of ether oxygens (including phenoxy) is 2. The van der Waals surface area contributed by atoms with Crippen molar-refractivity contribution in [1.82, 2.24) is 15.1 Å². The van der Waals surface area contributed by atoms with Gasteiger partial charge < -0.3 is 24.8 Å². The van der Waals surface area contributed by atoms with Crippen LogP contribution in [0.3, 0.4) is 0 Å². The topological polar surface area (TPSA) is 125 Å². The van der Waals surface area contributed by atoms with Gasteiger partial charge in [-0.3, -0.25) is 9.69 Å². The lowest BCUT2D eigenvalue weighted by Gasteiger charge is -2.26. The summed E-state index contributed by atoms with van der Waals surface area (Å²) in [5, 5.41) is 12.0. The quantitative estimate of drug-likeness (QED) is 0.730. The van der Waals surface area contributed by atoms with Gasteiger partial charge in [0.15, 0.2) is 0 Å². The highest BCUT2D eigenvalue weighted by Gasteiger charge is 2.42. The highest BCUT2D eigenvalue weighted by Crippen LogP contribution is 2.21. The van der Waals surface area contributed by atoms with Crippen LogP contribution in [0, 0.1) is 0 Å². The maximum atomic E-state index is 12.3. The molecule has 2 unspecified atom stereocenters. The fraction of sp³-hybridized carbons (Fsp3) is 0.778. The van der Waals surface area contributed by atoms with Crippen molar-refractivity contribution in [2.24, 2.45) is 0 Å². The largest absolute Gasteiger partial charge is 0.480 e. The Morgan fingerprint density at radius 2 is 1.61 bits per heavy atom. The van der Waals surface area contributed by atoms with E-state index in [1.807, 2.05) is 0 Å². The first kappa shape index (κ1) is 23.5. The van der Waals surface area contributed by atoms with E-state index in [1.165, 1.54) is 7.05 Å². The van der Waals surface area contributed by atoms with Crippen LogP contribution in [0.1, 0.15) is 48.0 Å². The first-order chi connectivity index (χ1) is 12.6. The summed E-state index contributed by atoms with van der Waals surface area (Å²) in [6, 6.07) is -1.66. The molecule has 1 aliphatic heterocycles. The Balaban J connectivity index is 2.67. The van der Waals surface area contributed by atoms with Gasteiger partial charge >= 0.3 is 18.2 Å². The van der Waals surface area contributed by atoms with Gasteiger partial charge in [0.1, 0.15) is 23.8 Å². The summed E-state index contributed by atoms with van der Waals surface area (Å²) in [5.74, 6) is -1.65. The summed E-state index contributed by atoms with van der Waals surface area (Å²) in [6.07, 6.45) is -1.34. The van der Waals surface area contributed by atoms with Crippen LogP contribution in [0.2, 0.25) is 0 Å². The zero-order chi connectivity index (χ0) is 21.9. The van der Waals surface area contributed by atoms with Crippen LogP contribution in [-0.2, 0) is 19.1 Å². The molecule has 2 N–H and O–H groups in total. The van der Waals surface area contributed by atoms with E-state index >= 15 is 0 Å². The number of likely N-dealkylation sites (tertiary alicyclic amines) is 1. The van der Waals surface area contributed by atoms with Gasteiger partial charge in [0, 0.05) is 26.1 Å². The van der Waals surface area contributed by atoms with Crippen LogP contribution in [0.25, 0.3) is 0 Å². The second-order valence-corrected chi connectivity index (χ2v) is 8.82. The average Bonchev–Trinajstić information content (AvgIpc) is 2.87. The summed E-state index contributed by atoms with van der Waals surface area (Å²) in [5.41, 5.74) is -1.45. The van der Waals surface area contributed by atoms with Gasteiger partial charge in [-0.15, -0.1) is 0 Å². The number of rotatable bonds is 4. The number of nitrogens with one attached hydrogen (secondary N) is 1. The number of aliphatic carboxylic acids is 1. The highest BCUT2D eigenvalue weighted by atomic mass is 16.6. The van der Waals surface area contributed by atoms with Crippen molar-refractivity contribution >= 4 is 24.1 Å². The first-order valence-corrected chi connectivity index (χ1v) is 9.05. The molecule has 1 saturated heterocycles. The normalized spacial score (nSPS) is 19.8. The molecule has 0 aliphatic carbocycles. The second kappa shape index (κ2) is 8.66. The second-order valence-electron chi connectivity index (χ2n) is 8.82. The van der Waals surface area contributed by atoms with Crippen LogP contribution in [0.4, 0.5) is 9.59 Å². The standard InChI is InChI=1S/C18H31N3O7/c1-17(2,3)27-15(25)20(7)10-13(22)19-11-8-12(14(23)24)21(9-11)16(26)28-18(4,5)6/h11-12H,8-10H2,1-7H3,(H,19,22)(H,23,24). The van der Waals surface area contributed by atoms with Gasteiger partial charge in [-0.05, 0) is 41.5 Å². The third-order valence-electron chi connectivity index (χ3n) is 3.67. The van der Waals surface area contributed by atoms with E-state index in [9.17, 15) is 24.3 Å². The molecule has 3 amide bonds. The molecule has 10 heteroatoms. The molecule has 0 spiro atoms. The van der Waals surface area contributed by atoms with Gasteiger partial charge in [0.2, 0.25) is 5.91 Å². The molecule has 1 aliphatic rings. The van der Waals surface area contributed by atoms with Crippen molar-refractivity contribution in [3.8, 4) is 0 Å². The number of carbonyl (C=O) groups is 4. The molecule has 2 atom stereocenters. The van der Waals surface area contributed by atoms with Crippen LogP contribution in [-0.4, -0.2) is 82.4 Å². The van der Waals surface area contributed by atoms with E-state index in [-0.39, 0.29) is 19.5 Å². The smallest absolute Gasteiger partial charge is 0.411 e. The molecule has 0 radical (unpaired) electrons. The third kappa shape index (κ3) is 7.61. The molecule has 1 fully saturated rings. The minimum absolute atomic E-state index is 0.00771. The fourth-order valence-corrected chi connectivity index (χ4v) is 2.59. The average molecular weight is 401 g/mol. The Labute approximate surface area is 165 Å². The number of nitrogens with zero attached hydrogens (tertiary/aromatic N) is 2. The maximum Gasteiger partial charge on any atom is 0.411 e. The zero-order valence-corrected chi connectivity index (χ0v) is 17.6. The van der Waals surface area contributed by atoms with E-state index in [1.54, 1.807) is 41.5 Å². The molecule has 10 nitrogen and oxygen atoms in total. The van der Waals surface area contributed by atoms with E-state index in [4.69, 9.17) is 9.47 Å². The number of amides is 3. The lowest BCUT2D eigenvalue weighted by Crippen LogP contribution is -2.46. The van der Waals surface area contributed by atoms with Gasteiger partial charge in [-0.1, -0.05) is 0 Å². The molecule has 0 bridgehead atoms. The maximum absolute atomic E-state index is 12.3. The predicted molar refractivity (Wildman–Crippen MR) is 99.8 cm³/mol. The SMILES string of the molecule is CN(CC(=O)NC1CC(C(=O)O)N(C(=O)OC(C)(C)C)C1)C(=O)OC(C)(C)C. The molecule has 0 aromatic carbocycles. The number of carboxylic acid groups (broad SMARTS) is 1. The van der Waals surface area contributed by atoms with E-state index < -0.39 is 47.3 Å². The number of likely N-dealkylation sites (N-methyl/N-ethyl adjacent to an activating group) is 1. The van der Waals surface area contributed by atoms with Gasteiger partial charge in [-0.25, -0.2) is 14.4 Å². The van der Waals surface area contributed by atoms with Crippen molar-refractivity contribution in [3.05, 3.63) is 0 Å². The summed E-state index contributed by atoms with van der Waals surface area (Å²) in [4.78, 5) is 50.1. The van der Waals surface area contributed by atoms with E-state index in [0.717, 1.165) is 9.80 Å². The first-order valence-electron chi connectivity index (χ1n) is 9.05. The third-order valence-corrected chi connectivity index (χ3v) is 3.67. The fourth-order valence-electron chi connectivity index (χ4n) is 2.59. The van der Waals surface area contributed by atoms with Gasteiger partial charge in [-0.2, -0.15) is 0 Å². The molecule has 0 aromatic heterocycles. The van der Waals surface area contributed by atoms with Crippen LogP contribution >= 0.6 is 0 Å². The van der Waals surface area contributed by atoms with E-state index in [0.29, 0.717) is 0 Å². The Bertz CT molecular complexity index is 622. The van der Waals surface area contributed by atoms with Crippen LogP contribution in [0.15, 0.2) is 0 Å². The van der Waals surface area contributed by atoms with E-state index in [2.05, 4.69) is 5.32 Å². The molecule has 160 valence electrons. The van der Waals surface area contributed by atoms with Crippen molar-refractivity contribution < 1.29 is 33.8 Å². The van der Waals surface area contributed by atoms with Crippen molar-refractivity contribution in [2.45, 2.75) is 71.2 Å². The minimum atomic E-state index is -1.17. The predicted octanol–water partition coefficient (Wildman–Crippen LogP) is 1.43. The lowest BCUT2D eigenvalue weighted by molar-refractivity contribution is -0.142. The van der Waals surface area contributed by atoms with Gasteiger partial charge in [0.05, 0.1) is 0 Å². The van der Waals surface area contributed by atoms with Crippen LogP contribution < -0.4 is 5.32 Å². The molecule has 0 saturated carbocycles. The van der Waals surface area contributed by atoms with Crippen molar-refractivity contribution in [1.29, 1.82) is 0 Å². The van der Waals surface area contributed by atoms with Crippen molar-refractivity contribution in [3.63, 3.8) is 0 Å². The highest BCUT2D eigenvalue weighted by molar-refractivity contribution is 5.84. The summed E-state index contributed by atoms with van der Waals surface area (Å²) < 4.78 is 10.4. The Hall–Kier alpha value is -2.52. The zero-order valence-electron chi connectivity index (χ0n) is 17.6. The monoisotopic (exact) mass is 401 g/mol. The molecule has 28 heavy (non-hydrogen) atoms. The Morgan fingerprint density at radius 3 is 2.07 bits per heavy atom. The van der Waals surface area contributed by atoms with Gasteiger partial charge in [0.25, 0.3) is 0 Å². The number of carboxylic acids is 1. The molecule has 0 aromatic rings. The summed E-state index contributed by atoms with van der Waals surface area (Å²) in [6.45, 7) is 9.95. The molecular formula is C18H31N3O7. The van der Waals surface area contributed by atoms with Crippen molar-refractivity contribution in [2.75, 3.05) is 20.1 Å². The molecular weight excluding hydrogens is 370 g/mol. The summed E-state index contributed by atoms with van der Waals surface area (Å²) in [7, 11) is 1.43. The summed E-state index contributed by atoms with van der Waals surface area (Å²) >= 11 is 0. The number of hydrogen-bond donors (Lipinski definition) is 2. The Kier molecular flexibility index (Phi) is 7.27. The molecule has 1 rings (SSSR count). The number of hydrogen-bond acceptors (Lipinski definition) is 6. The van der Waals surface area contributed by atoms with Crippen LogP contribution in [0.5, 0.6) is 0 Å². The number of carbonyl (C=O) groups excluding carboxylic acids is 3.